The van der Waals surface area contributed by atoms with Crippen molar-refractivity contribution in [2.75, 3.05) is 5.33 Å². The van der Waals surface area contributed by atoms with E-state index in [1.807, 2.05) is 12.1 Å². The second-order valence-corrected chi connectivity index (χ2v) is 4.28. The molecule has 0 saturated heterocycles. The second kappa shape index (κ2) is 4.27. The van der Waals surface area contributed by atoms with Gasteiger partial charge in [0, 0.05) is 5.56 Å². The molecule has 1 aliphatic rings. The van der Waals surface area contributed by atoms with Gasteiger partial charge in [-0.2, -0.15) is 0 Å². The van der Waals surface area contributed by atoms with Crippen molar-refractivity contribution in [3.05, 3.63) is 34.9 Å². The third-order valence-electron chi connectivity index (χ3n) is 2.74. The van der Waals surface area contributed by atoms with Gasteiger partial charge in [0.15, 0.2) is 0 Å². The summed E-state index contributed by atoms with van der Waals surface area (Å²) in [4.78, 5) is 22.8. The molecule has 78 valence electrons. The summed E-state index contributed by atoms with van der Waals surface area (Å²) in [6.45, 7) is 0. The van der Waals surface area contributed by atoms with Crippen molar-refractivity contribution in [3.8, 4) is 0 Å². The van der Waals surface area contributed by atoms with Crippen molar-refractivity contribution in [3.63, 3.8) is 0 Å². The Morgan fingerprint density at radius 3 is 2.67 bits per heavy atom. The van der Waals surface area contributed by atoms with Crippen LogP contribution in [0, 0.1) is 0 Å². The molecule has 1 aliphatic carbocycles. The summed E-state index contributed by atoms with van der Waals surface area (Å²) in [7, 11) is 0. The number of hydrogen-bond acceptors (Lipinski definition) is 2. The van der Waals surface area contributed by atoms with Gasteiger partial charge in [0.1, 0.15) is 0 Å². The highest BCUT2D eigenvalue weighted by atomic mass is 79.9. The Morgan fingerprint density at radius 1 is 1.20 bits per heavy atom. The van der Waals surface area contributed by atoms with E-state index in [9.17, 15) is 9.59 Å². The van der Waals surface area contributed by atoms with E-state index in [1.54, 1.807) is 6.07 Å². The molecule has 0 N–H and O–H groups in total. The highest BCUT2D eigenvalue weighted by Crippen LogP contribution is 2.23. The fraction of sp³-hybridized carbons (Fsp3) is 0.333. The molecule has 0 fully saturated rings. The Kier molecular flexibility index (Phi) is 3.00. The van der Waals surface area contributed by atoms with Gasteiger partial charge in [-0.1, -0.05) is 28.1 Å². The fourth-order valence-electron chi connectivity index (χ4n) is 1.93. The van der Waals surface area contributed by atoms with Crippen molar-refractivity contribution >= 4 is 27.5 Å². The van der Waals surface area contributed by atoms with E-state index >= 15 is 0 Å². The SMILES string of the molecule is O=C(CBr)C(=O)c1ccc2c(c1)CCC2. The highest BCUT2D eigenvalue weighted by molar-refractivity contribution is 9.09. The number of hydrogen-bond donors (Lipinski definition) is 0. The minimum absolute atomic E-state index is 0.100. The molecular formula is C12H11BrO2. The lowest BCUT2D eigenvalue weighted by Crippen LogP contribution is -2.15. The molecule has 0 radical (unpaired) electrons. The number of halogens is 1. The zero-order valence-corrected chi connectivity index (χ0v) is 9.84. The topological polar surface area (TPSA) is 34.1 Å². The minimum Gasteiger partial charge on any atom is -0.290 e. The number of rotatable bonds is 3. The first-order valence-corrected chi connectivity index (χ1v) is 6.10. The maximum Gasteiger partial charge on any atom is 0.229 e. The van der Waals surface area contributed by atoms with Crippen LogP contribution in [0.1, 0.15) is 27.9 Å². The van der Waals surface area contributed by atoms with Gasteiger partial charge in [0.2, 0.25) is 11.6 Å². The summed E-state index contributed by atoms with van der Waals surface area (Å²) in [5, 5.41) is 0.100. The largest absolute Gasteiger partial charge is 0.290 e. The van der Waals surface area contributed by atoms with Crippen LogP contribution in [0.15, 0.2) is 18.2 Å². The molecule has 0 bridgehead atoms. The van der Waals surface area contributed by atoms with E-state index in [0.29, 0.717) is 5.56 Å². The molecule has 2 nitrogen and oxygen atoms in total. The lowest BCUT2D eigenvalue weighted by atomic mass is 10.0. The smallest absolute Gasteiger partial charge is 0.229 e. The Hall–Kier alpha value is -0.960. The number of carbonyl (C=O) groups excluding carboxylic acids is 2. The Morgan fingerprint density at radius 2 is 1.93 bits per heavy atom. The second-order valence-electron chi connectivity index (χ2n) is 3.72. The van der Waals surface area contributed by atoms with Gasteiger partial charge < -0.3 is 0 Å². The quantitative estimate of drug-likeness (QED) is 0.478. The maximum absolute atomic E-state index is 11.6. The molecule has 0 spiro atoms. The lowest BCUT2D eigenvalue weighted by Gasteiger charge is -2.02. The van der Waals surface area contributed by atoms with E-state index in [2.05, 4.69) is 15.9 Å². The van der Waals surface area contributed by atoms with Crippen LogP contribution in [0.5, 0.6) is 0 Å². The van der Waals surface area contributed by atoms with Crippen molar-refractivity contribution in [2.45, 2.75) is 19.3 Å². The van der Waals surface area contributed by atoms with Crippen LogP contribution in [0.3, 0.4) is 0 Å². The van der Waals surface area contributed by atoms with Gasteiger partial charge in [0.05, 0.1) is 5.33 Å². The molecule has 0 unspecified atom stereocenters. The van der Waals surface area contributed by atoms with E-state index < -0.39 is 0 Å². The predicted molar refractivity (Wildman–Crippen MR) is 61.6 cm³/mol. The summed E-state index contributed by atoms with van der Waals surface area (Å²) in [6.07, 6.45) is 3.27. The molecule has 0 saturated carbocycles. The molecule has 1 aromatic rings. The molecule has 0 aromatic heterocycles. The van der Waals surface area contributed by atoms with Gasteiger partial charge in [-0.15, -0.1) is 0 Å². The first kappa shape index (κ1) is 10.6. The van der Waals surface area contributed by atoms with E-state index in [1.165, 1.54) is 11.1 Å². The monoisotopic (exact) mass is 266 g/mol. The summed E-state index contributed by atoms with van der Waals surface area (Å²) in [5.41, 5.74) is 3.07. The minimum atomic E-state index is -0.387. The molecule has 15 heavy (non-hydrogen) atoms. The fourth-order valence-corrected chi connectivity index (χ4v) is 2.19. The average molecular weight is 267 g/mol. The normalized spacial score (nSPS) is 13.7. The molecule has 0 amide bonds. The van der Waals surface area contributed by atoms with Crippen molar-refractivity contribution < 1.29 is 9.59 Å². The molecule has 2 rings (SSSR count). The van der Waals surface area contributed by atoms with Crippen LogP contribution < -0.4 is 0 Å². The van der Waals surface area contributed by atoms with E-state index in [4.69, 9.17) is 0 Å². The predicted octanol–water partition coefficient (Wildman–Crippen LogP) is 2.32. The zero-order chi connectivity index (χ0) is 10.8. The van der Waals surface area contributed by atoms with Crippen LogP contribution in [0.4, 0.5) is 0 Å². The van der Waals surface area contributed by atoms with Crippen LogP contribution in [-0.2, 0) is 17.6 Å². The van der Waals surface area contributed by atoms with Gasteiger partial charge in [-0.05, 0) is 36.5 Å². The van der Waals surface area contributed by atoms with Crippen molar-refractivity contribution in [2.24, 2.45) is 0 Å². The summed E-state index contributed by atoms with van der Waals surface area (Å²) < 4.78 is 0. The first-order chi connectivity index (χ1) is 7.22. The molecule has 1 aromatic carbocycles. The van der Waals surface area contributed by atoms with Crippen LogP contribution in [0.2, 0.25) is 0 Å². The number of carbonyl (C=O) groups is 2. The number of aryl methyl sites for hydroxylation is 2. The third kappa shape index (κ3) is 2.02. The molecule has 0 aliphatic heterocycles. The van der Waals surface area contributed by atoms with Gasteiger partial charge >= 0.3 is 0 Å². The third-order valence-corrected chi connectivity index (χ3v) is 3.24. The summed E-state index contributed by atoms with van der Waals surface area (Å²) in [6, 6.07) is 5.59. The molecular weight excluding hydrogens is 256 g/mol. The van der Waals surface area contributed by atoms with Gasteiger partial charge in [-0.25, -0.2) is 0 Å². The van der Waals surface area contributed by atoms with Crippen LogP contribution >= 0.6 is 15.9 Å². The number of ketones is 2. The number of alkyl halides is 1. The Labute approximate surface area is 96.8 Å². The Bertz CT molecular complexity index is 424. The average Bonchev–Trinajstić information content (AvgIpc) is 2.73. The van der Waals surface area contributed by atoms with Crippen LogP contribution in [0.25, 0.3) is 0 Å². The molecule has 0 heterocycles. The van der Waals surface area contributed by atoms with Gasteiger partial charge in [0.25, 0.3) is 0 Å². The van der Waals surface area contributed by atoms with Crippen molar-refractivity contribution in [1.29, 1.82) is 0 Å². The van der Waals surface area contributed by atoms with Crippen LogP contribution in [-0.4, -0.2) is 16.9 Å². The summed E-state index contributed by atoms with van der Waals surface area (Å²) >= 11 is 3.00. The molecule has 0 atom stereocenters. The maximum atomic E-state index is 11.6. The summed E-state index contributed by atoms with van der Waals surface area (Å²) in [5.74, 6) is -0.769. The number of fused-ring (bicyclic) bond motifs is 1. The lowest BCUT2D eigenvalue weighted by molar-refractivity contribution is -0.112. The van der Waals surface area contributed by atoms with Gasteiger partial charge in [-0.3, -0.25) is 9.59 Å². The molecule has 3 heteroatoms. The van der Waals surface area contributed by atoms with E-state index in [0.717, 1.165) is 19.3 Å². The first-order valence-electron chi connectivity index (χ1n) is 4.97. The van der Waals surface area contributed by atoms with Crippen molar-refractivity contribution in [1.82, 2.24) is 0 Å². The zero-order valence-electron chi connectivity index (χ0n) is 8.25. The number of Topliss-reactive ketones (excluding diaryl/α,β-unsaturated/α-hetero) is 2. The Balaban J connectivity index is 2.30. The number of benzene rings is 1. The highest BCUT2D eigenvalue weighted by Gasteiger charge is 2.17. The standard InChI is InChI=1S/C12H11BrO2/c13-7-11(14)12(15)10-5-4-8-2-1-3-9(8)6-10/h4-6H,1-3,7H2. The van der Waals surface area contributed by atoms with E-state index in [-0.39, 0.29) is 16.9 Å².